The zero-order chi connectivity index (χ0) is 16.9. The number of nitrogens with zero attached hydrogens (tertiary/aromatic N) is 3. The average molecular weight is 326 g/mol. The first-order valence-corrected chi connectivity index (χ1v) is 8.25. The standard InChI is InChI=1S/C18H22N4O2/c1-24-12-11-21-10-7-14-13-15(3-6-17(14)21)20-18(23)22(9-2-8-19)16-4-5-16/h3,6-7,10,13,16H,2,4-5,9,11-12H2,1H3,(H,20,23). The lowest BCUT2D eigenvalue weighted by atomic mass is 10.2. The molecular weight excluding hydrogens is 304 g/mol. The molecule has 6 heteroatoms. The van der Waals surface area contributed by atoms with Crippen LogP contribution in [0.4, 0.5) is 10.5 Å². The van der Waals surface area contributed by atoms with Gasteiger partial charge in [-0.3, -0.25) is 0 Å². The van der Waals surface area contributed by atoms with E-state index in [9.17, 15) is 4.79 Å². The van der Waals surface area contributed by atoms with Crippen LogP contribution in [0.5, 0.6) is 0 Å². The average Bonchev–Trinajstić information content (AvgIpc) is 3.34. The molecular formula is C18H22N4O2. The third kappa shape index (κ3) is 3.69. The summed E-state index contributed by atoms with van der Waals surface area (Å²) in [4.78, 5) is 14.2. The number of aromatic nitrogens is 1. The maximum absolute atomic E-state index is 12.5. The lowest BCUT2D eigenvalue weighted by Crippen LogP contribution is -2.37. The lowest BCUT2D eigenvalue weighted by molar-refractivity contribution is 0.188. The van der Waals surface area contributed by atoms with Crippen molar-refractivity contribution >= 4 is 22.6 Å². The van der Waals surface area contributed by atoms with Crippen molar-refractivity contribution in [2.24, 2.45) is 0 Å². The van der Waals surface area contributed by atoms with Crippen LogP contribution >= 0.6 is 0 Å². The van der Waals surface area contributed by atoms with Gasteiger partial charge in [-0.05, 0) is 37.1 Å². The maximum Gasteiger partial charge on any atom is 0.322 e. The van der Waals surface area contributed by atoms with E-state index < -0.39 is 0 Å². The molecule has 1 aliphatic rings. The van der Waals surface area contributed by atoms with E-state index in [-0.39, 0.29) is 12.1 Å². The Kier molecular flexibility index (Phi) is 5.02. The van der Waals surface area contributed by atoms with Gasteiger partial charge in [-0.25, -0.2) is 4.79 Å². The van der Waals surface area contributed by atoms with Crippen molar-refractivity contribution in [3.63, 3.8) is 0 Å². The molecule has 0 spiro atoms. The number of amides is 2. The molecule has 0 unspecified atom stereocenters. The highest BCUT2D eigenvalue weighted by molar-refractivity contribution is 5.93. The first-order valence-electron chi connectivity index (χ1n) is 8.25. The number of carbonyl (C=O) groups is 1. The van der Waals surface area contributed by atoms with Gasteiger partial charge in [0.25, 0.3) is 0 Å². The first kappa shape index (κ1) is 16.3. The number of nitriles is 1. The molecule has 6 nitrogen and oxygen atoms in total. The van der Waals surface area contributed by atoms with Crippen molar-refractivity contribution in [2.45, 2.75) is 31.8 Å². The summed E-state index contributed by atoms with van der Waals surface area (Å²) in [6.45, 7) is 1.95. The number of hydrogen-bond acceptors (Lipinski definition) is 3. The second kappa shape index (κ2) is 7.37. The van der Waals surface area contributed by atoms with Crippen molar-refractivity contribution in [1.82, 2.24) is 9.47 Å². The summed E-state index contributed by atoms with van der Waals surface area (Å²) < 4.78 is 7.25. The van der Waals surface area contributed by atoms with Crippen LogP contribution in [0, 0.1) is 11.3 Å². The van der Waals surface area contributed by atoms with Crippen LogP contribution in [0.15, 0.2) is 30.5 Å². The molecule has 0 bridgehead atoms. The van der Waals surface area contributed by atoms with Crippen molar-refractivity contribution in [3.05, 3.63) is 30.5 Å². The minimum Gasteiger partial charge on any atom is -0.383 e. The van der Waals surface area contributed by atoms with E-state index in [0.29, 0.717) is 19.6 Å². The molecule has 1 aromatic heterocycles. The number of methoxy groups -OCH3 is 1. The quantitative estimate of drug-likeness (QED) is 0.849. The Morgan fingerprint density at radius 2 is 2.29 bits per heavy atom. The molecule has 3 rings (SSSR count). The fourth-order valence-corrected chi connectivity index (χ4v) is 2.86. The molecule has 1 heterocycles. The van der Waals surface area contributed by atoms with Crippen LogP contribution in [0.1, 0.15) is 19.3 Å². The molecule has 0 saturated heterocycles. The molecule has 1 aliphatic carbocycles. The normalized spacial score (nSPS) is 13.7. The summed E-state index contributed by atoms with van der Waals surface area (Å²) in [7, 11) is 1.69. The summed E-state index contributed by atoms with van der Waals surface area (Å²) in [6, 6.07) is 10.2. The number of hydrogen-bond donors (Lipinski definition) is 1. The molecule has 1 N–H and O–H groups in total. The van der Waals surface area contributed by atoms with E-state index in [1.807, 2.05) is 30.5 Å². The van der Waals surface area contributed by atoms with Gasteiger partial charge in [0.2, 0.25) is 0 Å². The summed E-state index contributed by atoms with van der Waals surface area (Å²) >= 11 is 0. The number of benzene rings is 1. The second-order valence-corrected chi connectivity index (χ2v) is 6.04. The first-order chi connectivity index (χ1) is 11.7. The Hall–Kier alpha value is -2.52. The van der Waals surface area contributed by atoms with Crippen LogP contribution in [0.2, 0.25) is 0 Å². The Labute approximate surface area is 141 Å². The number of ether oxygens (including phenoxy) is 1. The van der Waals surface area contributed by atoms with Crippen LogP contribution in [0.3, 0.4) is 0 Å². The smallest absolute Gasteiger partial charge is 0.322 e. The van der Waals surface area contributed by atoms with Gasteiger partial charge in [0.05, 0.1) is 19.1 Å². The Bertz CT molecular complexity index is 758. The molecule has 0 aliphatic heterocycles. The highest BCUT2D eigenvalue weighted by atomic mass is 16.5. The summed E-state index contributed by atoms with van der Waals surface area (Å²) in [5.74, 6) is 0. The van der Waals surface area contributed by atoms with Crippen molar-refractivity contribution < 1.29 is 9.53 Å². The Morgan fingerprint density at radius 3 is 3.00 bits per heavy atom. The Balaban J connectivity index is 1.70. The van der Waals surface area contributed by atoms with E-state index in [2.05, 4.69) is 16.0 Å². The molecule has 0 radical (unpaired) electrons. The Morgan fingerprint density at radius 1 is 1.46 bits per heavy atom. The van der Waals surface area contributed by atoms with E-state index >= 15 is 0 Å². The third-order valence-corrected chi connectivity index (χ3v) is 4.27. The SMILES string of the molecule is COCCn1ccc2cc(NC(=O)N(CCC#N)C3CC3)ccc21. The number of carbonyl (C=O) groups excluding carboxylic acids is 1. The topological polar surface area (TPSA) is 70.3 Å². The maximum atomic E-state index is 12.5. The van der Waals surface area contributed by atoms with Gasteiger partial charge in [0.1, 0.15) is 0 Å². The molecule has 0 atom stereocenters. The molecule has 2 amide bonds. The number of nitrogens with one attached hydrogen (secondary N) is 1. The van der Waals surface area contributed by atoms with Crippen LogP contribution in [-0.4, -0.2) is 41.8 Å². The zero-order valence-electron chi connectivity index (χ0n) is 13.9. The highest BCUT2D eigenvalue weighted by Crippen LogP contribution is 2.28. The largest absolute Gasteiger partial charge is 0.383 e. The molecule has 1 fully saturated rings. The van der Waals surface area contributed by atoms with E-state index in [1.165, 1.54) is 0 Å². The van der Waals surface area contributed by atoms with Crippen molar-refractivity contribution in [3.8, 4) is 6.07 Å². The van der Waals surface area contributed by atoms with Gasteiger partial charge in [-0.1, -0.05) is 0 Å². The lowest BCUT2D eigenvalue weighted by Gasteiger charge is -2.21. The van der Waals surface area contributed by atoms with Crippen molar-refractivity contribution in [1.29, 1.82) is 5.26 Å². The summed E-state index contributed by atoms with van der Waals surface area (Å²) in [5, 5.41) is 12.8. The van der Waals surface area contributed by atoms with Crippen LogP contribution < -0.4 is 5.32 Å². The van der Waals surface area contributed by atoms with Gasteiger partial charge < -0.3 is 19.5 Å². The second-order valence-electron chi connectivity index (χ2n) is 6.04. The number of anilines is 1. The summed E-state index contributed by atoms with van der Waals surface area (Å²) in [6.07, 6.45) is 4.45. The third-order valence-electron chi connectivity index (χ3n) is 4.27. The number of rotatable bonds is 7. The van der Waals surface area contributed by atoms with Gasteiger partial charge in [-0.2, -0.15) is 5.26 Å². The van der Waals surface area contributed by atoms with Gasteiger partial charge in [0.15, 0.2) is 0 Å². The predicted octanol–water partition coefficient (Wildman–Crippen LogP) is 3.20. The van der Waals surface area contributed by atoms with Crippen LogP contribution in [-0.2, 0) is 11.3 Å². The molecule has 2 aromatic rings. The van der Waals surface area contributed by atoms with Crippen molar-refractivity contribution in [2.75, 3.05) is 25.6 Å². The number of fused-ring (bicyclic) bond motifs is 1. The van der Waals surface area contributed by atoms with Gasteiger partial charge in [-0.15, -0.1) is 0 Å². The highest BCUT2D eigenvalue weighted by Gasteiger charge is 2.32. The number of urea groups is 1. The molecule has 24 heavy (non-hydrogen) atoms. The fraction of sp³-hybridized carbons (Fsp3) is 0.444. The predicted molar refractivity (Wildman–Crippen MR) is 92.8 cm³/mol. The minimum absolute atomic E-state index is 0.120. The molecule has 1 aromatic carbocycles. The van der Waals surface area contributed by atoms with E-state index in [1.54, 1.807) is 12.0 Å². The van der Waals surface area contributed by atoms with Gasteiger partial charge in [0, 0.05) is 49.0 Å². The minimum atomic E-state index is -0.120. The summed E-state index contributed by atoms with van der Waals surface area (Å²) in [5.41, 5.74) is 1.90. The van der Waals surface area contributed by atoms with Gasteiger partial charge >= 0.3 is 6.03 Å². The monoisotopic (exact) mass is 326 g/mol. The van der Waals surface area contributed by atoms with Crippen LogP contribution in [0.25, 0.3) is 10.9 Å². The molecule has 1 saturated carbocycles. The van der Waals surface area contributed by atoms with E-state index in [0.717, 1.165) is 36.0 Å². The zero-order valence-corrected chi connectivity index (χ0v) is 13.9. The fourth-order valence-electron chi connectivity index (χ4n) is 2.86. The molecule has 126 valence electrons. The van der Waals surface area contributed by atoms with E-state index in [4.69, 9.17) is 10.00 Å².